The van der Waals surface area contributed by atoms with E-state index in [0.29, 0.717) is 22.0 Å². The lowest BCUT2D eigenvalue weighted by Crippen LogP contribution is -2.29. The predicted octanol–water partition coefficient (Wildman–Crippen LogP) is 7.32. The first-order chi connectivity index (χ1) is 14.1. The minimum atomic E-state index is 0.250. The van der Waals surface area contributed by atoms with Gasteiger partial charge in [-0.1, -0.05) is 65.7 Å². The Bertz CT molecular complexity index is 986. The summed E-state index contributed by atoms with van der Waals surface area (Å²) in [5, 5.41) is 5.06. The molecule has 4 heteroatoms. The fourth-order valence-electron chi connectivity index (χ4n) is 4.33. The van der Waals surface area contributed by atoms with Gasteiger partial charge in [-0.2, -0.15) is 0 Å². The number of fused-ring (bicyclic) bond motifs is 1. The minimum absolute atomic E-state index is 0.250. The van der Waals surface area contributed by atoms with Gasteiger partial charge >= 0.3 is 0 Å². The van der Waals surface area contributed by atoms with Crippen molar-refractivity contribution in [1.82, 2.24) is 5.32 Å². The number of hydrogen-bond acceptors (Lipinski definition) is 2. The smallest absolute Gasteiger partial charge is 0.118 e. The average molecular weight is 426 g/mol. The number of methoxy groups -OCH3 is 1. The number of rotatable bonds is 5. The molecule has 0 radical (unpaired) electrons. The van der Waals surface area contributed by atoms with Crippen LogP contribution in [0.1, 0.15) is 60.0 Å². The SMILES string of the molecule is COc1ccc([C@H](C)N[C@@H]2CC[C@@H](c3ccc(Cl)c(Cl)c3)c3ccccc32)cc1. The molecule has 0 unspecified atom stereocenters. The molecule has 1 aliphatic carbocycles. The molecular formula is C25H25Cl2NO. The summed E-state index contributed by atoms with van der Waals surface area (Å²) in [6.07, 6.45) is 2.14. The van der Waals surface area contributed by atoms with Crippen molar-refractivity contribution in [2.45, 2.75) is 37.8 Å². The Kier molecular flexibility index (Phi) is 6.15. The topological polar surface area (TPSA) is 21.3 Å². The Hall–Kier alpha value is -2.00. The molecule has 0 spiro atoms. The van der Waals surface area contributed by atoms with Crippen LogP contribution in [0.15, 0.2) is 66.7 Å². The van der Waals surface area contributed by atoms with Crippen LogP contribution in [0.2, 0.25) is 10.0 Å². The quantitative estimate of drug-likeness (QED) is 0.462. The van der Waals surface area contributed by atoms with Gasteiger partial charge in [0.25, 0.3) is 0 Å². The number of nitrogens with one attached hydrogen (secondary N) is 1. The second-order valence-electron chi connectivity index (χ2n) is 7.65. The normalized spacial score (nSPS) is 19.4. The van der Waals surface area contributed by atoms with Crippen molar-refractivity contribution in [2.24, 2.45) is 0 Å². The highest BCUT2D eigenvalue weighted by Crippen LogP contribution is 2.43. The summed E-state index contributed by atoms with van der Waals surface area (Å²) in [5.41, 5.74) is 5.23. The monoisotopic (exact) mass is 425 g/mol. The van der Waals surface area contributed by atoms with Crippen molar-refractivity contribution in [3.05, 3.63) is 99.0 Å². The zero-order chi connectivity index (χ0) is 20.4. The summed E-state index contributed by atoms with van der Waals surface area (Å²) in [6, 6.07) is 23.6. The molecule has 1 aliphatic rings. The third-order valence-electron chi connectivity index (χ3n) is 5.90. The molecule has 150 valence electrons. The van der Waals surface area contributed by atoms with E-state index < -0.39 is 0 Å². The first-order valence-corrected chi connectivity index (χ1v) is 10.8. The summed E-state index contributed by atoms with van der Waals surface area (Å²) < 4.78 is 5.28. The molecule has 3 aromatic rings. The molecule has 3 aromatic carbocycles. The minimum Gasteiger partial charge on any atom is -0.497 e. The maximum absolute atomic E-state index is 6.29. The second-order valence-corrected chi connectivity index (χ2v) is 8.46. The third kappa shape index (κ3) is 4.30. The molecule has 1 N–H and O–H groups in total. The summed E-state index contributed by atoms with van der Waals surface area (Å²) in [5.74, 6) is 1.23. The van der Waals surface area contributed by atoms with Gasteiger partial charge < -0.3 is 10.1 Å². The van der Waals surface area contributed by atoms with E-state index in [4.69, 9.17) is 27.9 Å². The summed E-state index contributed by atoms with van der Waals surface area (Å²) in [6.45, 7) is 2.22. The summed E-state index contributed by atoms with van der Waals surface area (Å²) >= 11 is 12.4. The number of ether oxygens (including phenoxy) is 1. The van der Waals surface area contributed by atoms with Gasteiger partial charge in [0.2, 0.25) is 0 Å². The lowest BCUT2D eigenvalue weighted by Gasteiger charge is -2.34. The van der Waals surface area contributed by atoms with E-state index in [1.807, 2.05) is 24.3 Å². The molecule has 0 saturated carbocycles. The molecular weight excluding hydrogens is 401 g/mol. The standard InChI is InChI=1S/C25H25Cl2NO/c1-16(17-7-10-19(29-2)11-8-17)28-25-14-12-20(21-5-3-4-6-22(21)25)18-9-13-23(26)24(27)15-18/h3-11,13,15-16,20,25,28H,12,14H2,1-2H3/t16-,20-,25+/m0/s1. The molecule has 2 nitrogen and oxygen atoms in total. The van der Waals surface area contributed by atoms with Crippen LogP contribution in [0.5, 0.6) is 5.75 Å². The Morgan fingerprint density at radius 1 is 0.897 bits per heavy atom. The number of benzene rings is 3. The van der Waals surface area contributed by atoms with E-state index in [1.54, 1.807) is 7.11 Å². The number of hydrogen-bond donors (Lipinski definition) is 1. The van der Waals surface area contributed by atoms with Crippen LogP contribution in [-0.4, -0.2) is 7.11 Å². The van der Waals surface area contributed by atoms with Crippen molar-refractivity contribution in [3.8, 4) is 5.75 Å². The van der Waals surface area contributed by atoms with Crippen molar-refractivity contribution in [1.29, 1.82) is 0 Å². The lowest BCUT2D eigenvalue weighted by molar-refractivity contribution is 0.400. The Labute approximate surface area is 182 Å². The van der Waals surface area contributed by atoms with Crippen LogP contribution in [0, 0.1) is 0 Å². The molecule has 0 heterocycles. The summed E-state index contributed by atoms with van der Waals surface area (Å²) in [7, 11) is 1.69. The second kappa shape index (κ2) is 8.79. The maximum Gasteiger partial charge on any atom is 0.118 e. The van der Waals surface area contributed by atoms with Crippen LogP contribution in [0.4, 0.5) is 0 Å². The largest absolute Gasteiger partial charge is 0.497 e. The molecule has 0 aliphatic heterocycles. The van der Waals surface area contributed by atoms with E-state index >= 15 is 0 Å². The van der Waals surface area contributed by atoms with Crippen LogP contribution in [0.3, 0.4) is 0 Å². The van der Waals surface area contributed by atoms with Crippen LogP contribution in [-0.2, 0) is 0 Å². The van der Waals surface area contributed by atoms with Gasteiger partial charge in [0.05, 0.1) is 17.2 Å². The zero-order valence-corrected chi connectivity index (χ0v) is 18.2. The van der Waals surface area contributed by atoms with Crippen molar-refractivity contribution in [2.75, 3.05) is 7.11 Å². The summed E-state index contributed by atoms with van der Waals surface area (Å²) in [4.78, 5) is 0. The molecule has 0 saturated heterocycles. The van der Waals surface area contributed by atoms with E-state index in [2.05, 4.69) is 54.7 Å². The van der Waals surface area contributed by atoms with Crippen LogP contribution >= 0.6 is 23.2 Å². The first-order valence-electron chi connectivity index (χ1n) is 10.0. The highest BCUT2D eigenvalue weighted by molar-refractivity contribution is 6.42. The van der Waals surface area contributed by atoms with Gasteiger partial charge in [-0.25, -0.2) is 0 Å². The zero-order valence-electron chi connectivity index (χ0n) is 16.7. The highest BCUT2D eigenvalue weighted by Gasteiger charge is 2.29. The molecule has 3 atom stereocenters. The van der Waals surface area contributed by atoms with Gasteiger partial charge in [0, 0.05) is 18.0 Å². The molecule has 0 aromatic heterocycles. The highest BCUT2D eigenvalue weighted by atomic mass is 35.5. The first kappa shape index (κ1) is 20.3. The van der Waals surface area contributed by atoms with E-state index in [-0.39, 0.29) is 6.04 Å². The lowest BCUT2D eigenvalue weighted by atomic mass is 9.76. The van der Waals surface area contributed by atoms with Crippen molar-refractivity contribution >= 4 is 23.2 Å². The van der Waals surface area contributed by atoms with Crippen molar-refractivity contribution < 1.29 is 4.74 Å². The maximum atomic E-state index is 6.29. The Morgan fingerprint density at radius 2 is 1.62 bits per heavy atom. The van der Waals surface area contributed by atoms with Gasteiger partial charge in [-0.05, 0) is 66.3 Å². The van der Waals surface area contributed by atoms with E-state index in [9.17, 15) is 0 Å². The molecule has 0 amide bonds. The molecule has 29 heavy (non-hydrogen) atoms. The molecule has 0 bridgehead atoms. The van der Waals surface area contributed by atoms with Gasteiger partial charge in [0.15, 0.2) is 0 Å². The van der Waals surface area contributed by atoms with Gasteiger partial charge in [-0.3, -0.25) is 0 Å². The van der Waals surface area contributed by atoms with E-state index in [1.165, 1.54) is 22.3 Å². The average Bonchev–Trinajstić information content (AvgIpc) is 2.76. The predicted molar refractivity (Wildman–Crippen MR) is 121 cm³/mol. The van der Waals surface area contributed by atoms with E-state index in [0.717, 1.165) is 18.6 Å². The third-order valence-corrected chi connectivity index (χ3v) is 6.64. The number of halogens is 2. The Morgan fingerprint density at radius 3 is 2.31 bits per heavy atom. The molecule has 4 rings (SSSR count). The van der Waals surface area contributed by atoms with Crippen molar-refractivity contribution in [3.63, 3.8) is 0 Å². The fraction of sp³-hybridized carbons (Fsp3) is 0.280. The van der Waals surface area contributed by atoms with Gasteiger partial charge in [-0.15, -0.1) is 0 Å². The molecule has 0 fully saturated rings. The van der Waals surface area contributed by atoms with Crippen LogP contribution in [0.25, 0.3) is 0 Å². The van der Waals surface area contributed by atoms with Gasteiger partial charge in [0.1, 0.15) is 5.75 Å². The fourth-order valence-corrected chi connectivity index (χ4v) is 4.64. The van der Waals surface area contributed by atoms with Crippen LogP contribution < -0.4 is 10.1 Å². The Balaban J connectivity index is 1.58.